The van der Waals surface area contributed by atoms with Crippen molar-refractivity contribution in [3.8, 4) is 11.8 Å². The molecular weight excluding hydrogens is 228 g/mol. The van der Waals surface area contributed by atoms with Gasteiger partial charge in [0.2, 0.25) is 0 Å². The summed E-state index contributed by atoms with van der Waals surface area (Å²) in [4.78, 5) is 11.2. The van der Waals surface area contributed by atoms with E-state index in [0.717, 1.165) is 24.8 Å². The van der Waals surface area contributed by atoms with Crippen LogP contribution in [0.4, 0.5) is 4.79 Å². The highest BCUT2D eigenvalue weighted by atomic mass is 16.7. The van der Waals surface area contributed by atoms with Gasteiger partial charge in [-0.3, -0.25) is 0 Å². The lowest BCUT2D eigenvalue weighted by Gasteiger charge is -2.11. The van der Waals surface area contributed by atoms with E-state index in [1.54, 1.807) is 0 Å². The van der Waals surface area contributed by atoms with Crippen molar-refractivity contribution in [1.82, 2.24) is 0 Å². The molecule has 0 amide bonds. The summed E-state index contributed by atoms with van der Waals surface area (Å²) in [6, 6.07) is 9.43. The van der Waals surface area contributed by atoms with Crippen molar-refractivity contribution in [2.24, 2.45) is 0 Å². The summed E-state index contributed by atoms with van der Waals surface area (Å²) < 4.78 is 9.63. The molecule has 18 heavy (non-hydrogen) atoms. The van der Waals surface area contributed by atoms with Gasteiger partial charge in [0.05, 0.1) is 7.11 Å². The third-order valence-electron chi connectivity index (χ3n) is 2.37. The molecule has 1 aromatic carbocycles. The highest BCUT2D eigenvalue weighted by molar-refractivity contribution is 5.60. The van der Waals surface area contributed by atoms with E-state index in [1.807, 2.05) is 30.3 Å². The topological polar surface area (TPSA) is 35.5 Å². The van der Waals surface area contributed by atoms with E-state index in [4.69, 9.17) is 4.74 Å². The van der Waals surface area contributed by atoms with Crippen LogP contribution < -0.4 is 0 Å². The Morgan fingerprint density at radius 3 is 2.67 bits per heavy atom. The predicted octanol–water partition coefficient (Wildman–Crippen LogP) is 3.70. The van der Waals surface area contributed by atoms with Crippen molar-refractivity contribution >= 4 is 6.16 Å². The van der Waals surface area contributed by atoms with Gasteiger partial charge in [-0.05, 0) is 6.42 Å². The molecule has 1 rings (SSSR count). The van der Waals surface area contributed by atoms with Crippen LogP contribution in [-0.2, 0) is 9.47 Å². The van der Waals surface area contributed by atoms with Gasteiger partial charge in [-0.1, -0.05) is 55.5 Å². The zero-order valence-corrected chi connectivity index (χ0v) is 10.8. The molecule has 1 aromatic rings. The summed E-state index contributed by atoms with van der Waals surface area (Å²) in [5.74, 6) is 5.99. The van der Waals surface area contributed by atoms with Crippen LogP contribution in [0.3, 0.4) is 0 Å². The maximum atomic E-state index is 11.2. The molecule has 0 N–H and O–H groups in total. The van der Waals surface area contributed by atoms with Crippen LogP contribution in [0.1, 0.15) is 37.9 Å². The van der Waals surface area contributed by atoms with Gasteiger partial charge in [0, 0.05) is 12.0 Å². The van der Waals surface area contributed by atoms with E-state index >= 15 is 0 Å². The number of ether oxygens (including phenoxy) is 2. The number of hydrogen-bond donors (Lipinski definition) is 0. The molecule has 0 aliphatic heterocycles. The molecule has 0 unspecified atom stereocenters. The first-order chi connectivity index (χ1) is 8.77. The van der Waals surface area contributed by atoms with E-state index in [2.05, 4.69) is 23.5 Å². The molecule has 96 valence electrons. The number of unbranched alkanes of at least 4 members (excludes halogenated alkanes) is 2. The van der Waals surface area contributed by atoms with Crippen molar-refractivity contribution in [1.29, 1.82) is 0 Å². The SMILES string of the molecule is CCCCC#C[C@@H](OC(=O)OC)c1ccccc1. The molecule has 0 aliphatic rings. The van der Waals surface area contributed by atoms with Gasteiger partial charge in [0.1, 0.15) is 0 Å². The standard InChI is InChI=1S/C15H18O3/c1-3-4-5-9-12-14(18-15(16)17-2)13-10-7-6-8-11-13/h6-8,10-11,14H,3-5H2,1-2H3/t14-/m1/s1. The average Bonchev–Trinajstić information content (AvgIpc) is 2.43. The third-order valence-corrected chi connectivity index (χ3v) is 2.37. The van der Waals surface area contributed by atoms with Gasteiger partial charge < -0.3 is 9.47 Å². The Kier molecular flexibility index (Phi) is 6.42. The van der Waals surface area contributed by atoms with Gasteiger partial charge in [-0.25, -0.2) is 4.79 Å². The average molecular weight is 246 g/mol. The smallest absolute Gasteiger partial charge is 0.438 e. The molecule has 0 aromatic heterocycles. The van der Waals surface area contributed by atoms with Crippen LogP contribution in [0.15, 0.2) is 30.3 Å². The first-order valence-electron chi connectivity index (χ1n) is 6.06. The fourth-order valence-electron chi connectivity index (χ4n) is 1.38. The summed E-state index contributed by atoms with van der Waals surface area (Å²) in [6.45, 7) is 2.11. The Bertz CT molecular complexity index is 414. The van der Waals surface area contributed by atoms with E-state index in [9.17, 15) is 4.79 Å². The Morgan fingerprint density at radius 2 is 2.06 bits per heavy atom. The Hall–Kier alpha value is -1.95. The summed E-state index contributed by atoms with van der Waals surface area (Å²) >= 11 is 0. The lowest BCUT2D eigenvalue weighted by atomic mass is 10.1. The molecule has 0 saturated heterocycles. The largest absolute Gasteiger partial charge is 0.509 e. The monoisotopic (exact) mass is 246 g/mol. The minimum atomic E-state index is -0.714. The number of methoxy groups -OCH3 is 1. The molecule has 0 spiro atoms. The molecule has 1 atom stereocenters. The van der Waals surface area contributed by atoms with Crippen molar-refractivity contribution in [3.05, 3.63) is 35.9 Å². The van der Waals surface area contributed by atoms with Crippen LogP contribution >= 0.6 is 0 Å². The van der Waals surface area contributed by atoms with Crippen LogP contribution in [0.5, 0.6) is 0 Å². The minimum absolute atomic E-state index is 0.560. The first kappa shape index (κ1) is 14.1. The van der Waals surface area contributed by atoms with Gasteiger partial charge in [-0.2, -0.15) is 0 Å². The highest BCUT2D eigenvalue weighted by Crippen LogP contribution is 2.16. The molecule has 0 bridgehead atoms. The Balaban J connectivity index is 2.74. The molecule has 3 nitrogen and oxygen atoms in total. The summed E-state index contributed by atoms with van der Waals surface area (Å²) in [5.41, 5.74) is 0.854. The molecule has 0 heterocycles. The van der Waals surface area contributed by atoms with E-state index in [1.165, 1.54) is 7.11 Å². The summed E-state index contributed by atoms with van der Waals surface area (Å²) in [5, 5.41) is 0. The summed E-state index contributed by atoms with van der Waals surface area (Å²) in [6.07, 6.45) is 1.68. The molecule has 0 aliphatic carbocycles. The van der Waals surface area contributed by atoms with Gasteiger partial charge in [0.15, 0.2) is 6.10 Å². The second-order valence-corrected chi connectivity index (χ2v) is 3.79. The minimum Gasteiger partial charge on any atom is -0.438 e. The first-order valence-corrected chi connectivity index (χ1v) is 6.06. The zero-order valence-electron chi connectivity index (χ0n) is 10.8. The van der Waals surface area contributed by atoms with Gasteiger partial charge in [-0.15, -0.1) is 0 Å². The Labute approximate surface area is 108 Å². The second-order valence-electron chi connectivity index (χ2n) is 3.79. The van der Waals surface area contributed by atoms with Crippen LogP contribution in [0, 0.1) is 11.8 Å². The van der Waals surface area contributed by atoms with E-state index < -0.39 is 12.3 Å². The fourth-order valence-corrected chi connectivity index (χ4v) is 1.38. The van der Waals surface area contributed by atoms with E-state index in [0.29, 0.717) is 0 Å². The number of hydrogen-bond acceptors (Lipinski definition) is 3. The van der Waals surface area contributed by atoms with Crippen molar-refractivity contribution in [2.75, 3.05) is 7.11 Å². The molecule has 0 saturated carbocycles. The molecule has 3 heteroatoms. The normalized spacial score (nSPS) is 11.0. The maximum Gasteiger partial charge on any atom is 0.509 e. The lowest BCUT2D eigenvalue weighted by molar-refractivity contribution is 0.0550. The second kappa shape index (κ2) is 8.19. The van der Waals surface area contributed by atoms with Gasteiger partial charge in [0.25, 0.3) is 0 Å². The number of carbonyl (C=O) groups excluding carboxylic acids is 1. The third kappa shape index (κ3) is 4.92. The predicted molar refractivity (Wildman–Crippen MR) is 70.0 cm³/mol. The number of benzene rings is 1. The summed E-state index contributed by atoms with van der Waals surface area (Å²) in [7, 11) is 1.29. The maximum absolute atomic E-state index is 11.2. The quantitative estimate of drug-likeness (QED) is 0.461. The lowest BCUT2D eigenvalue weighted by Crippen LogP contribution is -2.09. The highest BCUT2D eigenvalue weighted by Gasteiger charge is 2.13. The number of carbonyl (C=O) groups is 1. The van der Waals surface area contributed by atoms with Crippen molar-refractivity contribution in [3.63, 3.8) is 0 Å². The molecular formula is C15H18O3. The van der Waals surface area contributed by atoms with Gasteiger partial charge >= 0.3 is 6.16 Å². The van der Waals surface area contributed by atoms with Crippen LogP contribution in [0.2, 0.25) is 0 Å². The number of rotatable bonds is 4. The zero-order chi connectivity index (χ0) is 13.2. The fraction of sp³-hybridized carbons (Fsp3) is 0.400. The Morgan fingerprint density at radius 1 is 1.33 bits per heavy atom. The van der Waals surface area contributed by atoms with Crippen LogP contribution in [-0.4, -0.2) is 13.3 Å². The molecule has 0 radical (unpaired) electrons. The van der Waals surface area contributed by atoms with Crippen molar-refractivity contribution in [2.45, 2.75) is 32.3 Å². The van der Waals surface area contributed by atoms with E-state index in [-0.39, 0.29) is 0 Å². The van der Waals surface area contributed by atoms with Crippen molar-refractivity contribution < 1.29 is 14.3 Å². The molecule has 0 fully saturated rings. The van der Waals surface area contributed by atoms with Crippen LogP contribution in [0.25, 0.3) is 0 Å².